The Hall–Kier alpha value is -2.01. The van der Waals surface area contributed by atoms with Gasteiger partial charge in [0.15, 0.2) is 0 Å². The molecule has 0 radical (unpaired) electrons. The van der Waals surface area contributed by atoms with Crippen LogP contribution in [0.5, 0.6) is 0 Å². The Morgan fingerprint density at radius 2 is 2.13 bits per heavy atom. The molecule has 0 spiro atoms. The van der Waals surface area contributed by atoms with E-state index in [0.717, 1.165) is 41.6 Å². The highest BCUT2D eigenvalue weighted by atomic mass is 16.5. The summed E-state index contributed by atoms with van der Waals surface area (Å²) in [4.78, 5) is 12.3. The van der Waals surface area contributed by atoms with Crippen LogP contribution in [0, 0.1) is 6.92 Å². The predicted octanol–water partition coefficient (Wildman–Crippen LogP) is 3.42. The Bertz CT molecular complexity index is 739. The van der Waals surface area contributed by atoms with Gasteiger partial charge in [-0.1, -0.05) is 18.2 Å². The lowest BCUT2D eigenvalue weighted by molar-refractivity contribution is 0.0980. The van der Waals surface area contributed by atoms with E-state index in [2.05, 4.69) is 10.6 Å². The maximum Gasteiger partial charge on any atom is 0.315 e. The van der Waals surface area contributed by atoms with E-state index in [-0.39, 0.29) is 24.2 Å². The summed E-state index contributed by atoms with van der Waals surface area (Å²) in [5.74, 6) is 0.811. The number of para-hydroxylation sites is 1. The number of amides is 2. The summed E-state index contributed by atoms with van der Waals surface area (Å²) in [5, 5.41) is 7.13. The summed E-state index contributed by atoms with van der Waals surface area (Å²) in [6.07, 6.45) is 3.62. The molecule has 23 heavy (non-hydrogen) atoms. The number of aryl methyl sites for hydroxylation is 1. The van der Waals surface area contributed by atoms with Gasteiger partial charge in [-0.3, -0.25) is 0 Å². The standard InChI is InChI=1S/C18H22N2O3/c1-10-13-5-3-4-6-15(13)23-17(10)11(2)19-18(21)20-14-9-12-7-8-16(14)22-12/h3-6,11-12,14,16H,7-9H2,1-2H3,(H2,19,20,21)/t11-,12?,14?,16?/m0/s1. The van der Waals surface area contributed by atoms with Crippen molar-refractivity contribution in [1.82, 2.24) is 10.6 Å². The number of carbonyl (C=O) groups excluding carboxylic acids is 1. The SMILES string of the molecule is Cc1c([C@H](C)NC(=O)NC2CC3CCC2O3)oc2ccccc12. The molecule has 1 aromatic heterocycles. The van der Waals surface area contributed by atoms with Gasteiger partial charge in [0.25, 0.3) is 0 Å². The molecule has 2 amide bonds. The van der Waals surface area contributed by atoms with E-state index in [1.165, 1.54) is 0 Å². The van der Waals surface area contributed by atoms with E-state index in [0.29, 0.717) is 6.10 Å². The van der Waals surface area contributed by atoms with Crippen molar-refractivity contribution in [1.29, 1.82) is 0 Å². The van der Waals surface area contributed by atoms with Crippen molar-refractivity contribution in [3.63, 3.8) is 0 Å². The van der Waals surface area contributed by atoms with Gasteiger partial charge in [0.1, 0.15) is 11.3 Å². The van der Waals surface area contributed by atoms with E-state index >= 15 is 0 Å². The molecule has 2 aliphatic heterocycles. The smallest absolute Gasteiger partial charge is 0.315 e. The molecule has 5 heteroatoms. The van der Waals surface area contributed by atoms with Crippen molar-refractivity contribution < 1.29 is 13.9 Å². The molecule has 2 aliphatic rings. The lowest BCUT2D eigenvalue weighted by Gasteiger charge is -2.21. The van der Waals surface area contributed by atoms with Crippen molar-refractivity contribution in [3.05, 3.63) is 35.6 Å². The first-order chi connectivity index (χ1) is 11.1. The topological polar surface area (TPSA) is 63.5 Å². The van der Waals surface area contributed by atoms with Crippen LogP contribution in [0.3, 0.4) is 0 Å². The zero-order valence-electron chi connectivity index (χ0n) is 13.5. The van der Waals surface area contributed by atoms with Crippen LogP contribution in [-0.4, -0.2) is 24.3 Å². The maximum atomic E-state index is 12.3. The van der Waals surface area contributed by atoms with Gasteiger partial charge in [-0.25, -0.2) is 4.79 Å². The maximum absolute atomic E-state index is 12.3. The molecule has 0 saturated carbocycles. The van der Waals surface area contributed by atoms with Crippen LogP contribution >= 0.6 is 0 Å². The number of carbonyl (C=O) groups is 1. The average Bonchev–Trinajstić information content (AvgIpc) is 3.22. The van der Waals surface area contributed by atoms with E-state index in [9.17, 15) is 4.79 Å². The van der Waals surface area contributed by atoms with Crippen LogP contribution in [-0.2, 0) is 4.74 Å². The number of furan rings is 1. The molecule has 2 fully saturated rings. The van der Waals surface area contributed by atoms with E-state index < -0.39 is 0 Å². The monoisotopic (exact) mass is 314 g/mol. The summed E-state index contributed by atoms with van der Waals surface area (Å²) < 4.78 is 11.7. The number of hydrogen-bond donors (Lipinski definition) is 2. The molecule has 0 aliphatic carbocycles. The average molecular weight is 314 g/mol. The fourth-order valence-electron chi connectivity index (χ4n) is 3.87. The van der Waals surface area contributed by atoms with Crippen molar-refractivity contribution in [2.75, 3.05) is 0 Å². The van der Waals surface area contributed by atoms with Gasteiger partial charge in [-0.2, -0.15) is 0 Å². The molecule has 1 aromatic carbocycles. The summed E-state index contributed by atoms with van der Waals surface area (Å²) in [6.45, 7) is 3.97. The minimum atomic E-state index is -0.179. The van der Waals surface area contributed by atoms with Crippen LogP contribution in [0.2, 0.25) is 0 Å². The lowest BCUT2D eigenvalue weighted by atomic mass is 9.96. The normalized spacial score (nSPS) is 27.3. The summed E-state index contributed by atoms with van der Waals surface area (Å²) in [5.41, 5.74) is 1.94. The Balaban J connectivity index is 1.43. The van der Waals surface area contributed by atoms with Gasteiger partial charge in [-0.15, -0.1) is 0 Å². The lowest BCUT2D eigenvalue weighted by Crippen LogP contribution is -2.46. The summed E-state index contributed by atoms with van der Waals surface area (Å²) >= 11 is 0. The molecule has 2 aromatic rings. The third-order valence-corrected chi connectivity index (χ3v) is 5.04. The van der Waals surface area contributed by atoms with E-state index in [4.69, 9.17) is 9.15 Å². The molecule has 4 rings (SSSR count). The highest BCUT2D eigenvalue weighted by Gasteiger charge is 2.41. The van der Waals surface area contributed by atoms with Crippen LogP contribution < -0.4 is 10.6 Å². The predicted molar refractivity (Wildman–Crippen MR) is 87.3 cm³/mol. The third kappa shape index (κ3) is 2.59. The van der Waals surface area contributed by atoms with Crippen LogP contribution in [0.4, 0.5) is 4.79 Å². The fraction of sp³-hybridized carbons (Fsp3) is 0.500. The highest BCUT2D eigenvalue weighted by Crippen LogP contribution is 2.34. The van der Waals surface area contributed by atoms with Gasteiger partial charge in [0.2, 0.25) is 0 Å². The Kier molecular flexibility index (Phi) is 3.53. The van der Waals surface area contributed by atoms with Gasteiger partial charge < -0.3 is 19.8 Å². The minimum Gasteiger partial charge on any atom is -0.459 e. The molecular weight excluding hydrogens is 292 g/mol. The zero-order valence-corrected chi connectivity index (χ0v) is 13.5. The van der Waals surface area contributed by atoms with E-state index in [1.54, 1.807) is 0 Å². The number of rotatable bonds is 3. The third-order valence-electron chi connectivity index (χ3n) is 5.04. The second-order valence-corrected chi connectivity index (χ2v) is 6.64. The van der Waals surface area contributed by atoms with Crippen LogP contribution in [0.15, 0.2) is 28.7 Å². The number of hydrogen-bond acceptors (Lipinski definition) is 3. The first-order valence-corrected chi connectivity index (χ1v) is 8.32. The Morgan fingerprint density at radius 3 is 2.83 bits per heavy atom. The van der Waals surface area contributed by atoms with Gasteiger partial charge in [0.05, 0.1) is 24.3 Å². The zero-order chi connectivity index (χ0) is 16.0. The van der Waals surface area contributed by atoms with Crippen LogP contribution in [0.1, 0.15) is 43.6 Å². The number of nitrogens with one attached hydrogen (secondary N) is 2. The minimum absolute atomic E-state index is 0.137. The molecule has 122 valence electrons. The van der Waals surface area contributed by atoms with Gasteiger partial charge in [-0.05, 0) is 39.2 Å². The highest BCUT2D eigenvalue weighted by molar-refractivity contribution is 5.82. The van der Waals surface area contributed by atoms with Crippen molar-refractivity contribution in [3.8, 4) is 0 Å². The van der Waals surface area contributed by atoms with Crippen molar-refractivity contribution in [2.45, 2.75) is 57.4 Å². The second-order valence-electron chi connectivity index (χ2n) is 6.64. The number of urea groups is 1. The first-order valence-electron chi connectivity index (χ1n) is 8.32. The number of ether oxygens (including phenoxy) is 1. The fourth-order valence-corrected chi connectivity index (χ4v) is 3.87. The molecule has 2 bridgehead atoms. The number of benzene rings is 1. The van der Waals surface area contributed by atoms with Gasteiger partial charge in [0, 0.05) is 10.9 Å². The first kappa shape index (κ1) is 14.6. The second kappa shape index (κ2) is 5.57. The Labute approximate surface area is 135 Å². The van der Waals surface area contributed by atoms with Gasteiger partial charge >= 0.3 is 6.03 Å². The molecule has 5 nitrogen and oxygen atoms in total. The largest absolute Gasteiger partial charge is 0.459 e. The van der Waals surface area contributed by atoms with Crippen molar-refractivity contribution >= 4 is 17.0 Å². The van der Waals surface area contributed by atoms with E-state index in [1.807, 2.05) is 38.1 Å². The number of fused-ring (bicyclic) bond motifs is 3. The molecule has 2 N–H and O–H groups in total. The molecule has 4 atom stereocenters. The molecule has 3 unspecified atom stereocenters. The molecule has 2 saturated heterocycles. The molecular formula is C18H22N2O3. The summed E-state index contributed by atoms with van der Waals surface area (Å²) in [6, 6.07) is 7.74. The van der Waals surface area contributed by atoms with Crippen molar-refractivity contribution in [2.24, 2.45) is 0 Å². The molecule has 3 heterocycles. The summed E-state index contributed by atoms with van der Waals surface area (Å²) in [7, 11) is 0. The quantitative estimate of drug-likeness (QED) is 0.912. The Morgan fingerprint density at radius 1 is 1.30 bits per heavy atom. The van der Waals surface area contributed by atoms with Crippen LogP contribution in [0.25, 0.3) is 11.0 Å².